The first-order valence-electron chi connectivity index (χ1n) is 23.6. The van der Waals surface area contributed by atoms with E-state index >= 15 is 0 Å². The molecule has 2 aromatic carbocycles. The zero-order valence-corrected chi connectivity index (χ0v) is 41.5. The second kappa shape index (κ2) is 24.1. The van der Waals surface area contributed by atoms with Crippen LogP contribution in [0, 0.1) is 0 Å². The van der Waals surface area contributed by atoms with Crippen molar-refractivity contribution in [1.29, 1.82) is 0 Å². The molecule has 8 nitrogen and oxygen atoms in total. The summed E-state index contributed by atoms with van der Waals surface area (Å²) in [7, 11) is 13.3. The van der Waals surface area contributed by atoms with Crippen LogP contribution >= 0.6 is 0 Å². The van der Waals surface area contributed by atoms with Crippen molar-refractivity contribution in [3.63, 3.8) is 0 Å². The molecule has 3 aromatic heterocycles. The molecule has 0 radical (unpaired) electrons. The molecule has 0 fully saturated rings. The van der Waals surface area contributed by atoms with Gasteiger partial charge in [0.1, 0.15) is 11.5 Å². The SMILES string of the molecule is CCCCCCCCCCCc1c2nc(c(-c3cccc(OCCC[N+](C)(C)C)c3)c3ccc(cc4ccc([nH]4)c(-c4cccc(OCCC[N+](C)(C)C)c4)c4nc1C=C4)[nH]3)C=C2.[Cl-].[Cl-]. The van der Waals surface area contributed by atoms with Gasteiger partial charge in [0.2, 0.25) is 0 Å². The smallest absolute Gasteiger partial charge is 0.119 e. The first-order valence-corrected chi connectivity index (χ1v) is 23.6. The largest absolute Gasteiger partial charge is 1.00 e. The molecule has 348 valence electrons. The van der Waals surface area contributed by atoms with E-state index in [0.717, 1.165) is 126 Å². The number of fused-ring (bicyclic) bond motifs is 8. The van der Waals surface area contributed by atoms with E-state index in [2.05, 4.69) is 162 Å². The van der Waals surface area contributed by atoms with Crippen LogP contribution in [0.3, 0.4) is 0 Å². The normalized spacial score (nSPS) is 12.2. The van der Waals surface area contributed by atoms with Crippen molar-refractivity contribution in [1.82, 2.24) is 19.9 Å². The van der Waals surface area contributed by atoms with Crippen LogP contribution in [0.25, 0.3) is 68.6 Å². The zero-order valence-electron chi connectivity index (χ0n) is 40.0. The summed E-state index contributed by atoms with van der Waals surface area (Å²) in [6.07, 6.45) is 23.2. The van der Waals surface area contributed by atoms with E-state index in [9.17, 15) is 0 Å². The minimum Gasteiger partial charge on any atom is -1.00 e. The second-order valence-electron chi connectivity index (χ2n) is 19.5. The number of hydrogen-bond donors (Lipinski definition) is 2. The Morgan fingerprint density at radius 2 is 0.908 bits per heavy atom. The fraction of sp³-hybridized carbons (Fsp3) is 0.418. The Bertz CT molecular complexity index is 2380. The predicted octanol–water partition coefficient (Wildman–Crippen LogP) is 7.02. The summed E-state index contributed by atoms with van der Waals surface area (Å²) in [5.41, 5.74) is 13.2. The molecule has 2 N–H and O–H groups in total. The van der Waals surface area contributed by atoms with Crippen LogP contribution in [0.1, 0.15) is 106 Å². The summed E-state index contributed by atoms with van der Waals surface area (Å²) in [6, 6.07) is 27.8. The molecular weight excluding hydrogens is 848 g/mol. The average Bonchev–Trinajstić information content (AvgIpc) is 4.09. The highest BCUT2D eigenvalue weighted by atomic mass is 35.5. The molecule has 0 amide bonds. The number of H-pyrrole nitrogens is 2. The number of ether oxygens (including phenoxy) is 2. The van der Waals surface area contributed by atoms with E-state index in [0.29, 0.717) is 13.2 Å². The Balaban J connectivity index is 0.00000397. The Morgan fingerprint density at radius 3 is 1.35 bits per heavy atom. The van der Waals surface area contributed by atoms with Gasteiger partial charge in [-0.25, -0.2) is 9.97 Å². The number of quaternary nitrogens is 2. The molecule has 0 saturated carbocycles. The van der Waals surface area contributed by atoms with Gasteiger partial charge in [-0.1, -0.05) is 82.6 Å². The monoisotopic (exact) mass is 919 g/mol. The molecule has 0 unspecified atom stereocenters. The van der Waals surface area contributed by atoms with Gasteiger partial charge >= 0.3 is 0 Å². The number of hydrogen-bond acceptors (Lipinski definition) is 4. The molecule has 0 aliphatic carbocycles. The van der Waals surface area contributed by atoms with Gasteiger partial charge in [0.25, 0.3) is 0 Å². The van der Waals surface area contributed by atoms with E-state index < -0.39 is 0 Å². The molecule has 65 heavy (non-hydrogen) atoms. The van der Waals surface area contributed by atoms with Crippen LogP contribution in [0.4, 0.5) is 0 Å². The predicted molar refractivity (Wildman–Crippen MR) is 267 cm³/mol. The van der Waals surface area contributed by atoms with E-state index in [1.54, 1.807) is 0 Å². The highest BCUT2D eigenvalue weighted by Crippen LogP contribution is 2.36. The maximum atomic E-state index is 6.34. The highest BCUT2D eigenvalue weighted by Gasteiger charge is 2.19. The first kappa shape index (κ1) is 51.1. The number of nitrogens with one attached hydrogen (secondary N) is 2. The molecule has 7 rings (SSSR count). The maximum Gasteiger partial charge on any atom is 0.119 e. The highest BCUT2D eigenvalue weighted by molar-refractivity contribution is 5.94. The van der Waals surface area contributed by atoms with Crippen molar-refractivity contribution in [3.05, 3.63) is 107 Å². The summed E-state index contributed by atoms with van der Waals surface area (Å²) in [5.74, 6) is 1.74. The van der Waals surface area contributed by atoms with Crippen molar-refractivity contribution in [2.75, 3.05) is 68.6 Å². The third-order valence-electron chi connectivity index (χ3n) is 11.9. The van der Waals surface area contributed by atoms with Gasteiger partial charge < -0.3 is 53.2 Å². The van der Waals surface area contributed by atoms with Crippen LogP contribution in [0.15, 0.2) is 78.9 Å². The van der Waals surface area contributed by atoms with Crippen molar-refractivity contribution < 1.29 is 43.3 Å². The second-order valence-corrected chi connectivity index (χ2v) is 19.5. The number of unbranched alkanes of at least 4 members (excludes halogenated alkanes) is 8. The molecule has 8 bridgehead atoms. The van der Waals surface area contributed by atoms with Gasteiger partial charge in [-0.05, 0) is 103 Å². The molecule has 5 aromatic rings. The van der Waals surface area contributed by atoms with Crippen molar-refractivity contribution in [3.8, 4) is 33.8 Å². The van der Waals surface area contributed by atoms with Crippen LogP contribution < -0.4 is 34.3 Å². The third kappa shape index (κ3) is 14.8. The van der Waals surface area contributed by atoms with Gasteiger partial charge in [-0.2, -0.15) is 0 Å². The topological polar surface area (TPSA) is 75.8 Å². The standard InChI is InChI=1S/C55H72N6O2.2ClH/c1-8-9-10-11-12-13-14-15-16-25-47-48-30-32-52(58-48)54(41-21-17-23-45(38-41)62-36-19-34-60(2,3)4)50-28-26-43(56-50)40-44-27-29-51(57-44)55(53-33-31-49(47)59-53)42-22-18-24-46(39-42)63-37-20-35-61(5,6)7;;/h17-18,21-24,26-33,38-40,56-57H,8-16,19-20,25,34-37H2,1-7H3;2*1H/q+2;;/p-2. The zero-order chi connectivity index (χ0) is 44.2. The number of halogens is 2. The molecule has 0 saturated heterocycles. The Morgan fingerprint density at radius 1 is 0.477 bits per heavy atom. The molecule has 2 aliphatic rings. The number of benzene rings is 2. The van der Waals surface area contributed by atoms with Crippen molar-refractivity contribution in [2.45, 2.75) is 84.0 Å². The van der Waals surface area contributed by atoms with Gasteiger partial charge in [-0.3, -0.25) is 0 Å². The maximum absolute atomic E-state index is 6.34. The lowest BCUT2D eigenvalue weighted by Gasteiger charge is -2.23. The fourth-order valence-corrected chi connectivity index (χ4v) is 8.61. The van der Waals surface area contributed by atoms with Crippen LogP contribution in [-0.4, -0.2) is 97.5 Å². The lowest BCUT2D eigenvalue weighted by Crippen LogP contribution is -3.00. The lowest BCUT2D eigenvalue weighted by atomic mass is 10.0. The van der Waals surface area contributed by atoms with Crippen LogP contribution in [0.5, 0.6) is 11.5 Å². The Labute approximate surface area is 401 Å². The van der Waals surface area contributed by atoms with Crippen molar-refractivity contribution >= 4 is 46.4 Å². The summed E-state index contributed by atoms with van der Waals surface area (Å²) < 4.78 is 14.5. The number of aromatic amines is 2. The summed E-state index contributed by atoms with van der Waals surface area (Å²) in [5, 5.41) is 0. The summed E-state index contributed by atoms with van der Waals surface area (Å²) in [6.45, 7) is 5.74. The Hall–Kier alpha value is -4.86. The quantitative estimate of drug-likeness (QED) is 0.0567. The van der Waals surface area contributed by atoms with Crippen LogP contribution in [0.2, 0.25) is 0 Å². The van der Waals surface area contributed by atoms with Crippen LogP contribution in [-0.2, 0) is 6.42 Å². The molecule has 2 aliphatic heterocycles. The minimum atomic E-state index is 0. The molecule has 10 heteroatoms. The van der Waals surface area contributed by atoms with Gasteiger partial charge in [0.15, 0.2) is 0 Å². The molecule has 0 atom stereocenters. The van der Waals surface area contributed by atoms with Gasteiger partial charge in [0, 0.05) is 51.6 Å². The summed E-state index contributed by atoms with van der Waals surface area (Å²) in [4.78, 5) is 18.4. The van der Waals surface area contributed by atoms with Crippen molar-refractivity contribution in [2.24, 2.45) is 0 Å². The van der Waals surface area contributed by atoms with E-state index in [4.69, 9.17) is 19.4 Å². The summed E-state index contributed by atoms with van der Waals surface area (Å²) >= 11 is 0. The van der Waals surface area contributed by atoms with E-state index in [1.807, 2.05) is 0 Å². The van der Waals surface area contributed by atoms with E-state index in [1.165, 1.54) is 56.9 Å². The molecular formula is C55H72Cl2N6O2. The van der Waals surface area contributed by atoms with E-state index in [-0.39, 0.29) is 24.8 Å². The molecule has 0 spiro atoms. The number of rotatable bonds is 22. The average molecular weight is 920 g/mol. The Kier molecular flexibility index (Phi) is 18.9. The lowest BCUT2D eigenvalue weighted by molar-refractivity contribution is -0.870. The third-order valence-corrected chi connectivity index (χ3v) is 11.9. The number of aromatic nitrogens is 4. The first-order chi connectivity index (χ1) is 30.4. The fourth-order valence-electron chi connectivity index (χ4n) is 8.61. The number of nitrogens with zero attached hydrogens (tertiary/aromatic N) is 4. The minimum absolute atomic E-state index is 0. The molecule has 5 heterocycles. The van der Waals surface area contributed by atoms with Gasteiger partial charge in [0.05, 0.1) is 91.4 Å². The van der Waals surface area contributed by atoms with Gasteiger partial charge in [-0.15, -0.1) is 0 Å².